The summed E-state index contributed by atoms with van der Waals surface area (Å²) in [5.41, 5.74) is -0.926. The Morgan fingerprint density at radius 1 is 1.20 bits per heavy atom. The van der Waals surface area contributed by atoms with Crippen LogP contribution in [0.15, 0.2) is 0 Å². The van der Waals surface area contributed by atoms with Crippen LogP contribution in [-0.4, -0.2) is 30.4 Å². The maximum Gasteiger partial charge on any atom is 0.311 e. The molecule has 5 heteroatoms. The molecule has 0 radical (unpaired) electrons. The zero-order valence-electron chi connectivity index (χ0n) is 16.0. The maximum atomic E-state index is 12.6. The first-order valence-corrected chi connectivity index (χ1v) is 9.67. The summed E-state index contributed by atoms with van der Waals surface area (Å²) in [4.78, 5) is 25.1. The van der Waals surface area contributed by atoms with Crippen molar-refractivity contribution < 1.29 is 23.8 Å². The first-order valence-electron chi connectivity index (χ1n) is 9.67. The number of methoxy groups -OCH3 is 1. The van der Waals surface area contributed by atoms with Crippen LogP contribution in [0.25, 0.3) is 0 Å². The Labute approximate surface area is 149 Å². The van der Waals surface area contributed by atoms with E-state index in [9.17, 15) is 9.59 Å². The van der Waals surface area contributed by atoms with Gasteiger partial charge >= 0.3 is 11.9 Å². The highest BCUT2D eigenvalue weighted by Gasteiger charge is 2.84. The highest BCUT2D eigenvalue weighted by atomic mass is 16.8. The van der Waals surface area contributed by atoms with Crippen LogP contribution in [0.4, 0.5) is 0 Å². The van der Waals surface area contributed by atoms with E-state index in [1.54, 1.807) is 0 Å². The van der Waals surface area contributed by atoms with Crippen molar-refractivity contribution in [3.8, 4) is 0 Å². The van der Waals surface area contributed by atoms with Crippen molar-refractivity contribution in [1.29, 1.82) is 0 Å². The number of esters is 2. The lowest BCUT2D eigenvalue weighted by atomic mass is 9.44. The van der Waals surface area contributed by atoms with Crippen molar-refractivity contribution in [1.82, 2.24) is 0 Å². The number of hydrogen-bond donors (Lipinski definition) is 0. The van der Waals surface area contributed by atoms with Crippen molar-refractivity contribution in [2.75, 3.05) is 7.11 Å². The second-order valence-electron chi connectivity index (χ2n) is 9.40. The van der Waals surface area contributed by atoms with Gasteiger partial charge in [0.2, 0.25) is 5.79 Å². The van der Waals surface area contributed by atoms with E-state index in [0.29, 0.717) is 6.42 Å². The fourth-order valence-electron chi connectivity index (χ4n) is 6.91. The van der Waals surface area contributed by atoms with Gasteiger partial charge in [0.25, 0.3) is 0 Å². The van der Waals surface area contributed by atoms with Crippen LogP contribution in [0.3, 0.4) is 0 Å². The van der Waals surface area contributed by atoms with Gasteiger partial charge in [-0.05, 0) is 43.9 Å². The molecule has 4 fully saturated rings. The standard InChI is InChI=1S/C20H30O5/c1-12(2)20-19(25-20)10-7-13-17(3,14(19)11-15(21)24-20)8-6-9-18(13,4)16(22)23-5/h12-14H,6-11H2,1-5H3/t13-,14-,17+,18+,19?,20?/m1/s1. The molecule has 4 rings (SSSR count). The van der Waals surface area contributed by atoms with Crippen molar-refractivity contribution >= 4 is 11.9 Å². The lowest BCUT2D eigenvalue weighted by Gasteiger charge is -2.59. The molecule has 0 aromatic carbocycles. The number of fused-ring (bicyclic) bond motifs is 2. The summed E-state index contributed by atoms with van der Waals surface area (Å²) in [5.74, 6) is -0.540. The minimum absolute atomic E-state index is 0.102. The van der Waals surface area contributed by atoms with E-state index < -0.39 is 11.2 Å². The second kappa shape index (κ2) is 4.99. The molecule has 5 nitrogen and oxygen atoms in total. The molecule has 1 spiro atoms. The molecule has 25 heavy (non-hydrogen) atoms. The number of carbonyl (C=O) groups is 2. The van der Waals surface area contributed by atoms with E-state index in [1.807, 2.05) is 0 Å². The van der Waals surface area contributed by atoms with Crippen molar-refractivity contribution in [2.45, 2.75) is 77.6 Å². The number of ether oxygens (including phenoxy) is 3. The molecule has 2 aliphatic carbocycles. The average Bonchev–Trinajstić information content (AvgIpc) is 3.22. The van der Waals surface area contributed by atoms with Gasteiger partial charge in [0.15, 0.2) is 0 Å². The van der Waals surface area contributed by atoms with Crippen LogP contribution in [0, 0.1) is 28.6 Å². The van der Waals surface area contributed by atoms with Gasteiger partial charge in [-0.1, -0.05) is 27.2 Å². The maximum absolute atomic E-state index is 12.6. The Morgan fingerprint density at radius 3 is 2.56 bits per heavy atom. The van der Waals surface area contributed by atoms with Crippen LogP contribution in [0.1, 0.15) is 66.2 Å². The molecule has 0 N–H and O–H groups in total. The van der Waals surface area contributed by atoms with E-state index in [0.717, 1.165) is 32.1 Å². The van der Waals surface area contributed by atoms with Crippen LogP contribution >= 0.6 is 0 Å². The minimum Gasteiger partial charge on any atom is -0.469 e. The second-order valence-corrected chi connectivity index (χ2v) is 9.40. The number of rotatable bonds is 2. The van der Waals surface area contributed by atoms with Gasteiger partial charge in [0.1, 0.15) is 5.60 Å². The molecule has 2 aliphatic heterocycles. The van der Waals surface area contributed by atoms with Gasteiger partial charge in [-0.3, -0.25) is 9.59 Å². The summed E-state index contributed by atoms with van der Waals surface area (Å²) in [6.45, 7) is 8.47. The van der Waals surface area contributed by atoms with E-state index in [1.165, 1.54) is 7.11 Å². The average molecular weight is 350 g/mol. The minimum atomic E-state index is -0.750. The quantitative estimate of drug-likeness (QED) is 0.564. The summed E-state index contributed by atoms with van der Waals surface area (Å²) in [7, 11) is 1.48. The molecule has 140 valence electrons. The van der Waals surface area contributed by atoms with Crippen LogP contribution in [-0.2, 0) is 23.8 Å². The van der Waals surface area contributed by atoms with E-state index in [2.05, 4.69) is 27.7 Å². The summed E-state index contributed by atoms with van der Waals surface area (Å²) in [5, 5.41) is 0. The normalized spacial score (nSPS) is 51.0. The molecule has 0 bridgehead atoms. The number of carbonyl (C=O) groups excluding carboxylic acids is 2. The lowest BCUT2D eigenvalue weighted by molar-refractivity contribution is -0.190. The highest BCUT2D eigenvalue weighted by Crippen LogP contribution is 2.74. The zero-order chi connectivity index (χ0) is 18.3. The van der Waals surface area contributed by atoms with Crippen molar-refractivity contribution in [3.05, 3.63) is 0 Å². The summed E-state index contributed by atoms with van der Waals surface area (Å²) >= 11 is 0. The Balaban J connectivity index is 1.76. The topological polar surface area (TPSA) is 65.1 Å². The van der Waals surface area contributed by atoms with E-state index in [4.69, 9.17) is 14.2 Å². The van der Waals surface area contributed by atoms with Gasteiger partial charge in [0, 0.05) is 11.8 Å². The Morgan fingerprint density at radius 2 is 1.92 bits per heavy atom. The highest BCUT2D eigenvalue weighted by molar-refractivity contribution is 5.77. The zero-order valence-corrected chi connectivity index (χ0v) is 16.0. The monoisotopic (exact) mass is 350 g/mol. The van der Waals surface area contributed by atoms with Crippen LogP contribution < -0.4 is 0 Å². The first-order chi connectivity index (χ1) is 11.7. The third kappa shape index (κ3) is 1.88. The summed E-state index contributed by atoms with van der Waals surface area (Å²) in [6, 6.07) is 0. The molecule has 0 amide bonds. The molecule has 0 aromatic rings. The molecular formula is C20H30O5. The molecule has 4 aliphatic rings. The Bertz CT molecular complexity index is 630. The largest absolute Gasteiger partial charge is 0.469 e. The van der Waals surface area contributed by atoms with Crippen molar-refractivity contribution in [2.24, 2.45) is 28.6 Å². The van der Waals surface area contributed by atoms with Gasteiger partial charge in [0.05, 0.1) is 18.9 Å². The summed E-state index contributed by atoms with van der Waals surface area (Å²) in [6.07, 6.45) is 5.05. The number of epoxide rings is 1. The smallest absolute Gasteiger partial charge is 0.311 e. The third-order valence-electron chi connectivity index (χ3n) is 8.07. The van der Waals surface area contributed by atoms with Gasteiger partial charge in [-0.15, -0.1) is 0 Å². The third-order valence-corrected chi connectivity index (χ3v) is 8.07. The Kier molecular flexibility index (Phi) is 3.46. The van der Waals surface area contributed by atoms with Crippen molar-refractivity contribution in [3.63, 3.8) is 0 Å². The fraction of sp³-hybridized carbons (Fsp3) is 0.900. The van der Waals surface area contributed by atoms with Gasteiger partial charge < -0.3 is 14.2 Å². The SMILES string of the molecule is COC(=O)[C@@]1(C)CCC[C@@]2(C)[C@H]1CCC13OC1(C(C)C)OC(=O)C[C@@H]32. The van der Waals surface area contributed by atoms with E-state index >= 15 is 0 Å². The number of hydrogen-bond acceptors (Lipinski definition) is 5. The van der Waals surface area contributed by atoms with E-state index in [-0.39, 0.29) is 40.7 Å². The molecule has 2 heterocycles. The first kappa shape index (κ1) is 17.3. The Hall–Kier alpha value is -1.10. The van der Waals surface area contributed by atoms with Crippen LogP contribution in [0.5, 0.6) is 0 Å². The predicted molar refractivity (Wildman–Crippen MR) is 90.4 cm³/mol. The molecule has 2 saturated heterocycles. The lowest BCUT2D eigenvalue weighted by Crippen LogP contribution is -2.61. The van der Waals surface area contributed by atoms with Gasteiger partial charge in [-0.25, -0.2) is 0 Å². The molecule has 2 unspecified atom stereocenters. The molecule has 2 saturated carbocycles. The van der Waals surface area contributed by atoms with Gasteiger partial charge in [-0.2, -0.15) is 0 Å². The molecule has 0 aromatic heterocycles. The molecule has 6 atom stereocenters. The molecular weight excluding hydrogens is 320 g/mol. The predicted octanol–water partition coefficient (Wildman–Crippen LogP) is 3.45. The van der Waals surface area contributed by atoms with Crippen LogP contribution in [0.2, 0.25) is 0 Å². The summed E-state index contributed by atoms with van der Waals surface area (Å²) < 4.78 is 17.2. The fourth-order valence-corrected chi connectivity index (χ4v) is 6.91.